The Labute approximate surface area is 201 Å². The zero-order valence-corrected chi connectivity index (χ0v) is 19.9. The predicted molar refractivity (Wildman–Crippen MR) is 126 cm³/mol. The van der Waals surface area contributed by atoms with Gasteiger partial charge in [0.15, 0.2) is 17.3 Å². The van der Waals surface area contributed by atoms with E-state index in [4.69, 9.17) is 9.47 Å². The van der Waals surface area contributed by atoms with Crippen LogP contribution in [-0.2, 0) is 4.79 Å². The highest BCUT2D eigenvalue weighted by atomic mass is 19.3. The van der Waals surface area contributed by atoms with Crippen LogP contribution in [0.25, 0.3) is 10.8 Å². The van der Waals surface area contributed by atoms with Gasteiger partial charge in [-0.1, -0.05) is 18.2 Å². The fourth-order valence-corrected chi connectivity index (χ4v) is 4.29. The molecule has 2 aromatic carbocycles. The third-order valence-corrected chi connectivity index (χ3v) is 6.25. The van der Waals surface area contributed by atoms with Gasteiger partial charge in [0.1, 0.15) is 11.9 Å². The molecule has 0 radical (unpaired) electrons. The van der Waals surface area contributed by atoms with Crippen LogP contribution in [-0.4, -0.2) is 47.3 Å². The lowest BCUT2D eigenvalue weighted by atomic mass is 10.0. The van der Waals surface area contributed by atoms with Crippen molar-refractivity contribution in [1.82, 2.24) is 15.1 Å². The van der Waals surface area contributed by atoms with Crippen LogP contribution in [0.2, 0.25) is 0 Å². The van der Waals surface area contributed by atoms with E-state index in [9.17, 15) is 18.0 Å². The number of rotatable bonds is 7. The van der Waals surface area contributed by atoms with Crippen molar-refractivity contribution in [2.45, 2.75) is 45.8 Å². The molecule has 1 amide bonds. The largest absolute Gasteiger partial charge is 0.493 e. The molecule has 1 aliphatic rings. The number of nitrogens with one attached hydrogen (secondary N) is 1. The number of carbonyl (C=O) groups excluding carboxylic acids is 1. The van der Waals surface area contributed by atoms with Crippen molar-refractivity contribution in [3.63, 3.8) is 0 Å². The van der Waals surface area contributed by atoms with Gasteiger partial charge in [-0.3, -0.25) is 4.79 Å². The number of alkyl halides is 2. The van der Waals surface area contributed by atoms with Gasteiger partial charge in [0.05, 0.1) is 31.0 Å². The Morgan fingerprint density at radius 2 is 1.89 bits per heavy atom. The SMILES string of the molecule is COc1cc2c(C)nnc(N[C@H](C)c3cccc(C(F)F)c3F)c2cc1O[C@H]1CCN(C(C)=O)C1. The molecule has 1 N–H and O–H groups in total. The van der Waals surface area contributed by atoms with E-state index in [-0.39, 0.29) is 17.6 Å². The molecule has 0 spiro atoms. The lowest BCUT2D eigenvalue weighted by Crippen LogP contribution is -2.28. The average molecular weight is 489 g/mol. The van der Waals surface area contributed by atoms with Gasteiger partial charge >= 0.3 is 0 Å². The number of hydrogen-bond donors (Lipinski definition) is 1. The Morgan fingerprint density at radius 3 is 2.54 bits per heavy atom. The Balaban J connectivity index is 1.69. The molecule has 4 rings (SSSR count). The van der Waals surface area contributed by atoms with E-state index < -0.39 is 23.8 Å². The molecular formula is C25H27F3N4O3. The minimum Gasteiger partial charge on any atom is -0.493 e. The quantitative estimate of drug-likeness (QED) is 0.493. The van der Waals surface area contributed by atoms with Crippen LogP contribution in [0, 0.1) is 12.7 Å². The van der Waals surface area contributed by atoms with Gasteiger partial charge in [-0.05, 0) is 26.0 Å². The summed E-state index contributed by atoms with van der Waals surface area (Å²) >= 11 is 0. The van der Waals surface area contributed by atoms with Crippen LogP contribution in [0.5, 0.6) is 11.5 Å². The number of benzene rings is 2. The number of aromatic nitrogens is 2. The maximum Gasteiger partial charge on any atom is 0.266 e. The summed E-state index contributed by atoms with van der Waals surface area (Å²) in [6.45, 7) is 6.09. The normalized spacial score (nSPS) is 16.6. The molecule has 35 heavy (non-hydrogen) atoms. The van der Waals surface area contributed by atoms with Gasteiger partial charge < -0.3 is 19.7 Å². The van der Waals surface area contributed by atoms with E-state index in [1.54, 1.807) is 30.9 Å². The molecule has 10 heteroatoms. The number of methoxy groups -OCH3 is 1. The van der Waals surface area contributed by atoms with E-state index in [1.165, 1.54) is 26.2 Å². The number of halogens is 3. The van der Waals surface area contributed by atoms with Crippen LogP contribution in [0.15, 0.2) is 30.3 Å². The summed E-state index contributed by atoms with van der Waals surface area (Å²) in [5, 5.41) is 12.9. The molecule has 0 aliphatic carbocycles. The molecule has 2 heterocycles. The van der Waals surface area contributed by atoms with Gasteiger partial charge in [-0.15, -0.1) is 5.10 Å². The lowest BCUT2D eigenvalue weighted by molar-refractivity contribution is -0.128. The third kappa shape index (κ3) is 4.96. The fraction of sp³-hybridized carbons (Fsp3) is 0.400. The number of anilines is 1. The predicted octanol–water partition coefficient (Wildman–Crippen LogP) is 5.20. The Morgan fingerprint density at radius 1 is 1.17 bits per heavy atom. The first kappa shape index (κ1) is 24.6. The Hall–Kier alpha value is -3.56. The molecule has 0 unspecified atom stereocenters. The molecule has 0 bridgehead atoms. The number of ether oxygens (including phenoxy) is 2. The third-order valence-electron chi connectivity index (χ3n) is 6.25. The maximum absolute atomic E-state index is 14.7. The van der Waals surface area contributed by atoms with Crippen LogP contribution in [0.1, 0.15) is 49.6 Å². The molecule has 1 aromatic heterocycles. The van der Waals surface area contributed by atoms with Crippen LogP contribution in [0.3, 0.4) is 0 Å². The zero-order chi connectivity index (χ0) is 25.3. The molecular weight excluding hydrogens is 461 g/mol. The topological polar surface area (TPSA) is 76.6 Å². The molecule has 0 saturated carbocycles. The highest BCUT2D eigenvalue weighted by molar-refractivity contribution is 5.95. The second-order valence-electron chi connectivity index (χ2n) is 8.59. The van der Waals surface area contributed by atoms with E-state index in [0.717, 1.165) is 11.5 Å². The molecule has 3 aromatic rings. The van der Waals surface area contributed by atoms with Crippen molar-refractivity contribution in [2.24, 2.45) is 0 Å². The van der Waals surface area contributed by atoms with E-state index in [2.05, 4.69) is 15.5 Å². The van der Waals surface area contributed by atoms with Crippen molar-refractivity contribution in [2.75, 3.05) is 25.5 Å². The van der Waals surface area contributed by atoms with E-state index in [0.29, 0.717) is 47.9 Å². The summed E-state index contributed by atoms with van der Waals surface area (Å²) in [7, 11) is 1.54. The summed E-state index contributed by atoms with van der Waals surface area (Å²) in [5.41, 5.74) is 0.101. The number of likely N-dealkylation sites (tertiary alicyclic amines) is 1. The number of hydrogen-bond acceptors (Lipinski definition) is 6. The van der Waals surface area contributed by atoms with Crippen LogP contribution >= 0.6 is 0 Å². The van der Waals surface area contributed by atoms with Crippen molar-refractivity contribution in [1.29, 1.82) is 0 Å². The summed E-state index contributed by atoms with van der Waals surface area (Å²) in [4.78, 5) is 13.4. The lowest BCUT2D eigenvalue weighted by Gasteiger charge is -2.20. The second-order valence-corrected chi connectivity index (χ2v) is 8.59. The van der Waals surface area contributed by atoms with E-state index >= 15 is 0 Å². The highest BCUT2D eigenvalue weighted by Crippen LogP contribution is 2.38. The smallest absolute Gasteiger partial charge is 0.266 e. The maximum atomic E-state index is 14.7. The Kier molecular flexibility index (Phi) is 7.00. The fourth-order valence-electron chi connectivity index (χ4n) is 4.29. The van der Waals surface area contributed by atoms with Gasteiger partial charge in [0, 0.05) is 36.2 Å². The van der Waals surface area contributed by atoms with Crippen molar-refractivity contribution in [3.8, 4) is 11.5 Å². The van der Waals surface area contributed by atoms with Crippen molar-refractivity contribution in [3.05, 3.63) is 53.0 Å². The minimum absolute atomic E-state index is 0.00362. The average Bonchev–Trinajstić information content (AvgIpc) is 3.29. The van der Waals surface area contributed by atoms with Gasteiger partial charge in [-0.25, -0.2) is 13.2 Å². The molecule has 186 valence electrons. The number of fused-ring (bicyclic) bond motifs is 1. The number of aryl methyl sites for hydroxylation is 1. The summed E-state index contributed by atoms with van der Waals surface area (Å²) in [6.07, 6.45) is -2.41. The first-order valence-corrected chi connectivity index (χ1v) is 11.3. The summed E-state index contributed by atoms with van der Waals surface area (Å²) in [5.74, 6) is 0.378. The van der Waals surface area contributed by atoms with Gasteiger partial charge in [-0.2, -0.15) is 5.10 Å². The van der Waals surface area contributed by atoms with Crippen LogP contribution in [0.4, 0.5) is 19.0 Å². The first-order valence-electron chi connectivity index (χ1n) is 11.3. The van der Waals surface area contributed by atoms with Crippen LogP contribution < -0.4 is 14.8 Å². The number of nitrogens with zero attached hydrogens (tertiary/aromatic N) is 3. The molecule has 1 saturated heterocycles. The molecule has 7 nitrogen and oxygen atoms in total. The highest BCUT2D eigenvalue weighted by Gasteiger charge is 2.27. The Bertz CT molecular complexity index is 1250. The van der Waals surface area contributed by atoms with Crippen molar-refractivity contribution >= 4 is 22.5 Å². The minimum atomic E-state index is -2.91. The zero-order valence-electron chi connectivity index (χ0n) is 19.9. The first-order chi connectivity index (χ1) is 16.7. The van der Waals surface area contributed by atoms with Crippen molar-refractivity contribution < 1.29 is 27.4 Å². The molecule has 2 atom stereocenters. The van der Waals surface area contributed by atoms with Gasteiger partial charge in [0.2, 0.25) is 5.91 Å². The second kappa shape index (κ2) is 9.97. The molecule has 1 aliphatic heterocycles. The standard InChI is InChI=1S/C25H27F3N4O3/c1-13(17-6-5-7-18(23(17)26)24(27)28)29-25-20-11-22(35-16-8-9-32(12-16)15(3)33)21(34-4)10-19(20)14(2)30-31-25/h5-7,10-11,13,16,24H,8-9,12H2,1-4H3,(H,29,31)/t13-,16+/m1/s1. The summed E-state index contributed by atoms with van der Waals surface area (Å²) in [6, 6.07) is 6.83. The van der Waals surface area contributed by atoms with E-state index in [1.807, 2.05) is 0 Å². The number of amides is 1. The number of carbonyl (C=O) groups is 1. The monoisotopic (exact) mass is 488 g/mol. The summed E-state index contributed by atoms with van der Waals surface area (Å²) < 4.78 is 52.8. The van der Waals surface area contributed by atoms with Gasteiger partial charge in [0.25, 0.3) is 6.43 Å². The molecule has 1 fully saturated rings.